The van der Waals surface area contributed by atoms with Crippen molar-refractivity contribution in [2.75, 3.05) is 13.1 Å². The van der Waals surface area contributed by atoms with Gasteiger partial charge >= 0.3 is 6.03 Å². The van der Waals surface area contributed by atoms with Gasteiger partial charge < -0.3 is 5.32 Å². The van der Waals surface area contributed by atoms with E-state index in [1.807, 2.05) is 0 Å². The molecule has 2 amide bonds. The number of ketones is 2. The highest BCUT2D eigenvalue weighted by Gasteiger charge is 2.20. The lowest BCUT2D eigenvalue weighted by atomic mass is 10.1. The summed E-state index contributed by atoms with van der Waals surface area (Å²) in [5.41, 5.74) is 0.0575. The van der Waals surface area contributed by atoms with Crippen molar-refractivity contribution < 1.29 is 14.4 Å². The Hall–Kier alpha value is -1.65. The van der Waals surface area contributed by atoms with Gasteiger partial charge in [-0.2, -0.15) is 0 Å². The molecule has 0 radical (unpaired) electrons. The Morgan fingerprint density at radius 3 is 2.29 bits per heavy atom. The molecular formula is C9H12N2O3. The van der Waals surface area contributed by atoms with Crippen LogP contribution in [0.25, 0.3) is 0 Å². The van der Waals surface area contributed by atoms with E-state index >= 15 is 0 Å². The Balaban J connectivity index is 2.87. The van der Waals surface area contributed by atoms with Crippen LogP contribution in [0.3, 0.4) is 0 Å². The van der Waals surface area contributed by atoms with Crippen LogP contribution in [0.15, 0.2) is 11.8 Å². The van der Waals surface area contributed by atoms with Crippen LogP contribution in [0.5, 0.6) is 0 Å². The smallest absolute Gasteiger partial charge is 0.321 e. The molecule has 5 heteroatoms. The molecule has 0 aliphatic carbocycles. The second kappa shape index (κ2) is 4.04. The number of nitrogens with one attached hydrogen (secondary N) is 1. The predicted octanol–water partition coefficient (Wildman–Crippen LogP) is 0.0735. The first-order valence-electron chi connectivity index (χ1n) is 4.30. The van der Waals surface area contributed by atoms with Crippen molar-refractivity contribution in [2.45, 2.75) is 13.8 Å². The second-order valence-electron chi connectivity index (χ2n) is 3.08. The van der Waals surface area contributed by atoms with Crippen LogP contribution < -0.4 is 5.32 Å². The minimum atomic E-state index is -0.322. The number of urea groups is 1. The summed E-state index contributed by atoms with van der Waals surface area (Å²) in [7, 11) is 0. The summed E-state index contributed by atoms with van der Waals surface area (Å²) < 4.78 is 0. The van der Waals surface area contributed by atoms with Crippen molar-refractivity contribution in [2.24, 2.45) is 0 Å². The third-order valence-electron chi connectivity index (χ3n) is 1.93. The monoisotopic (exact) mass is 196 g/mol. The van der Waals surface area contributed by atoms with Crippen LogP contribution in [-0.2, 0) is 9.59 Å². The minimum absolute atomic E-state index is 0.0575. The zero-order valence-electron chi connectivity index (χ0n) is 8.16. The van der Waals surface area contributed by atoms with Crippen molar-refractivity contribution in [3.63, 3.8) is 0 Å². The number of Topliss-reactive ketones (excluding diaryl/α,β-unsaturated/α-hetero) is 2. The quantitative estimate of drug-likeness (QED) is 0.394. The number of amides is 2. The summed E-state index contributed by atoms with van der Waals surface area (Å²) in [4.78, 5) is 34.5. The average Bonchev–Trinajstić information content (AvgIpc) is 2.46. The van der Waals surface area contributed by atoms with E-state index in [9.17, 15) is 14.4 Å². The standard InChI is InChI=1S/C9H12N2O3/c1-6(12)8(7(2)13)5-11-4-3-10-9(11)14/h5H,3-4H2,1-2H3,(H,10,14). The number of carbonyl (C=O) groups excluding carboxylic acids is 3. The van der Waals surface area contributed by atoms with Gasteiger partial charge in [0.25, 0.3) is 0 Å². The van der Waals surface area contributed by atoms with Gasteiger partial charge in [-0.15, -0.1) is 0 Å². The van der Waals surface area contributed by atoms with Crippen molar-refractivity contribution in [3.05, 3.63) is 11.8 Å². The van der Waals surface area contributed by atoms with Crippen LogP contribution in [-0.4, -0.2) is 35.6 Å². The number of nitrogens with zero attached hydrogens (tertiary/aromatic N) is 1. The first kappa shape index (κ1) is 10.4. The van der Waals surface area contributed by atoms with Gasteiger partial charge in [0.15, 0.2) is 11.6 Å². The Bertz CT molecular complexity index is 304. The largest absolute Gasteiger partial charge is 0.336 e. The molecule has 1 fully saturated rings. The van der Waals surface area contributed by atoms with E-state index in [2.05, 4.69) is 5.32 Å². The molecule has 1 heterocycles. The molecule has 0 atom stereocenters. The van der Waals surface area contributed by atoms with Crippen LogP contribution in [0.1, 0.15) is 13.8 Å². The Morgan fingerprint density at radius 1 is 1.36 bits per heavy atom. The van der Waals surface area contributed by atoms with Crippen LogP contribution in [0.4, 0.5) is 4.79 Å². The molecule has 76 valence electrons. The van der Waals surface area contributed by atoms with E-state index in [0.717, 1.165) is 0 Å². The van der Waals surface area contributed by atoms with Crippen LogP contribution >= 0.6 is 0 Å². The van der Waals surface area contributed by atoms with E-state index in [4.69, 9.17) is 0 Å². The first-order chi connectivity index (χ1) is 6.52. The van der Waals surface area contributed by atoms with Crippen LogP contribution in [0, 0.1) is 0 Å². The fourth-order valence-corrected chi connectivity index (χ4v) is 1.20. The summed E-state index contributed by atoms with van der Waals surface area (Å²) in [5.74, 6) is -0.644. The summed E-state index contributed by atoms with van der Waals surface area (Å²) in [6.07, 6.45) is 1.31. The van der Waals surface area contributed by atoms with Gasteiger partial charge in [-0.1, -0.05) is 0 Å². The van der Waals surface area contributed by atoms with E-state index in [0.29, 0.717) is 13.1 Å². The molecule has 0 aromatic carbocycles. The molecule has 1 aliphatic heterocycles. The molecule has 0 bridgehead atoms. The first-order valence-corrected chi connectivity index (χ1v) is 4.30. The van der Waals surface area contributed by atoms with E-state index in [-0.39, 0.29) is 23.2 Å². The van der Waals surface area contributed by atoms with Gasteiger partial charge in [0.2, 0.25) is 0 Å². The molecule has 1 N–H and O–H groups in total. The van der Waals surface area contributed by atoms with Crippen molar-refractivity contribution in [3.8, 4) is 0 Å². The van der Waals surface area contributed by atoms with Gasteiger partial charge in [0, 0.05) is 19.3 Å². The van der Waals surface area contributed by atoms with Gasteiger partial charge in [0.05, 0.1) is 5.57 Å². The fraction of sp³-hybridized carbons (Fsp3) is 0.444. The molecule has 1 aliphatic rings. The Morgan fingerprint density at radius 2 is 1.93 bits per heavy atom. The molecular weight excluding hydrogens is 184 g/mol. The van der Waals surface area contributed by atoms with E-state index < -0.39 is 0 Å². The molecule has 0 aromatic rings. The minimum Gasteiger partial charge on any atom is -0.336 e. The lowest BCUT2D eigenvalue weighted by Crippen LogP contribution is -2.25. The van der Waals surface area contributed by atoms with Crippen LogP contribution in [0.2, 0.25) is 0 Å². The average molecular weight is 196 g/mol. The zero-order chi connectivity index (χ0) is 10.7. The number of rotatable bonds is 3. The third kappa shape index (κ3) is 2.18. The van der Waals surface area contributed by atoms with Crippen molar-refractivity contribution in [1.29, 1.82) is 0 Å². The Kier molecular flexibility index (Phi) is 3.01. The number of allylic oxidation sites excluding steroid dienone is 1. The maximum Gasteiger partial charge on any atom is 0.321 e. The second-order valence-corrected chi connectivity index (χ2v) is 3.08. The van der Waals surface area contributed by atoms with Gasteiger partial charge in [0.1, 0.15) is 0 Å². The topological polar surface area (TPSA) is 66.5 Å². The molecule has 5 nitrogen and oxygen atoms in total. The van der Waals surface area contributed by atoms with Crippen molar-refractivity contribution >= 4 is 17.6 Å². The highest BCUT2D eigenvalue weighted by molar-refractivity contribution is 6.18. The fourth-order valence-electron chi connectivity index (χ4n) is 1.20. The molecule has 1 rings (SSSR count). The molecule has 0 spiro atoms. The van der Waals surface area contributed by atoms with Gasteiger partial charge in [-0.25, -0.2) is 4.79 Å². The lowest BCUT2D eigenvalue weighted by molar-refractivity contribution is -0.119. The highest BCUT2D eigenvalue weighted by Crippen LogP contribution is 2.04. The predicted molar refractivity (Wildman–Crippen MR) is 49.5 cm³/mol. The Labute approximate surface area is 81.8 Å². The number of carbonyl (C=O) groups is 3. The van der Waals surface area contributed by atoms with Crippen molar-refractivity contribution in [1.82, 2.24) is 10.2 Å². The summed E-state index contributed by atoms with van der Waals surface area (Å²) in [6.45, 7) is 3.64. The third-order valence-corrected chi connectivity index (χ3v) is 1.93. The highest BCUT2D eigenvalue weighted by atomic mass is 16.2. The maximum absolute atomic E-state index is 11.1. The normalized spacial score (nSPS) is 15.0. The maximum atomic E-state index is 11.1. The molecule has 1 saturated heterocycles. The SMILES string of the molecule is CC(=O)C(=CN1CCNC1=O)C(C)=O. The lowest BCUT2D eigenvalue weighted by Gasteiger charge is -2.08. The number of hydrogen-bond acceptors (Lipinski definition) is 3. The van der Waals surface area contributed by atoms with E-state index in [1.165, 1.54) is 24.9 Å². The molecule has 0 unspecified atom stereocenters. The number of hydrogen-bond donors (Lipinski definition) is 1. The molecule has 0 saturated carbocycles. The molecule has 0 aromatic heterocycles. The van der Waals surface area contributed by atoms with Gasteiger partial charge in [-0.3, -0.25) is 14.5 Å². The summed E-state index contributed by atoms with van der Waals surface area (Å²) in [5, 5.41) is 2.57. The van der Waals surface area contributed by atoms with E-state index in [1.54, 1.807) is 0 Å². The summed E-state index contributed by atoms with van der Waals surface area (Å²) >= 11 is 0. The zero-order valence-corrected chi connectivity index (χ0v) is 8.16. The molecule has 14 heavy (non-hydrogen) atoms. The van der Waals surface area contributed by atoms with Gasteiger partial charge in [-0.05, 0) is 13.8 Å². The summed E-state index contributed by atoms with van der Waals surface area (Å²) in [6, 6.07) is -0.273.